The third-order valence-electron chi connectivity index (χ3n) is 3.50. The first kappa shape index (κ1) is 11.7. The lowest BCUT2D eigenvalue weighted by Crippen LogP contribution is -2.19. The van der Waals surface area contributed by atoms with E-state index in [1.54, 1.807) is 0 Å². The summed E-state index contributed by atoms with van der Waals surface area (Å²) in [6.07, 6.45) is 2.40. The summed E-state index contributed by atoms with van der Waals surface area (Å²) in [6.45, 7) is 2.06. The van der Waals surface area contributed by atoms with E-state index in [9.17, 15) is 5.26 Å². The van der Waals surface area contributed by atoms with Crippen molar-refractivity contribution in [2.24, 2.45) is 0 Å². The summed E-state index contributed by atoms with van der Waals surface area (Å²) in [5.74, 6) is 0. The maximum absolute atomic E-state index is 9.31. The van der Waals surface area contributed by atoms with Crippen molar-refractivity contribution >= 4 is 5.69 Å². The Morgan fingerprint density at radius 3 is 2.42 bits per heavy atom. The first-order valence-corrected chi connectivity index (χ1v) is 6.60. The highest BCUT2D eigenvalue weighted by molar-refractivity contribution is 5.65. The Bertz CT molecular complexity index is 608. The molecule has 1 fully saturated rings. The Kier molecular flexibility index (Phi) is 3.16. The monoisotopic (exact) mass is 249 g/mol. The van der Waals surface area contributed by atoms with Gasteiger partial charge in [0.2, 0.25) is 0 Å². The maximum Gasteiger partial charge on any atom is 0.164 e. The van der Waals surface area contributed by atoms with Gasteiger partial charge in [-0.05, 0) is 25.0 Å². The number of rotatable bonds is 2. The molecule has 0 amide bonds. The molecular weight excluding hydrogens is 234 g/mol. The minimum absolute atomic E-state index is 0.531. The van der Waals surface area contributed by atoms with Crippen LogP contribution in [0.3, 0.4) is 0 Å². The molecule has 0 aliphatic carbocycles. The average Bonchev–Trinajstić information content (AvgIpc) is 3.01. The number of hydrogen-bond donors (Lipinski definition) is 0. The summed E-state index contributed by atoms with van der Waals surface area (Å²) in [5, 5.41) is 9.31. The quantitative estimate of drug-likeness (QED) is 0.820. The van der Waals surface area contributed by atoms with E-state index in [1.807, 2.05) is 42.5 Å². The summed E-state index contributed by atoms with van der Waals surface area (Å²) < 4.78 is 0. The van der Waals surface area contributed by atoms with E-state index in [4.69, 9.17) is 0 Å². The van der Waals surface area contributed by atoms with Gasteiger partial charge in [0, 0.05) is 18.7 Å². The molecule has 94 valence electrons. The summed E-state index contributed by atoms with van der Waals surface area (Å²) in [4.78, 5) is 6.75. The molecule has 0 N–H and O–H groups in total. The van der Waals surface area contributed by atoms with Crippen LogP contribution < -0.4 is 4.90 Å². The first-order chi connectivity index (χ1) is 9.38. The predicted octanol–water partition coefficient (Wildman–Crippen LogP) is 3.22. The van der Waals surface area contributed by atoms with Crippen LogP contribution in [-0.2, 0) is 0 Å². The lowest BCUT2D eigenvalue weighted by atomic mass is 10.1. The van der Waals surface area contributed by atoms with Crippen LogP contribution in [0.4, 0.5) is 5.69 Å². The molecule has 19 heavy (non-hydrogen) atoms. The fraction of sp³-hybridized carbons (Fsp3) is 0.250. The summed E-state index contributed by atoms with van der Waals surface area (Å²) in [6, 6.07) is 16.2. The van der Waals surface area contributed by atoms with E-state index in [0.717, 1.165) is 30.0 Å². The first-order valence-electron chi connectivity index (χ1n) is 6.60. The molecule has 3 nitrogen and oxygen atoms in total. The van der Waals surface area contributed by atoms with Crippen molar-refractivity contribution < 1.29 is 0 Å². The number of anilines is 1. The molecule has 1 aromatic carbocycles. The van der Waals surface area contributed by atoms with Crippen LogP contribution in [0, 0.1) is 11.3 Å². The second kappa shape index (κ2) is 5.11. The molecule has 0 atom stereocenters. The Labute approximate surface area is 113 Å². The third kappa shape index (κ3) is 2.30. The molecule has 2 aromatic rings. The minimum atomic E-state index is 0.531. The van der Waals surface area contributed by atoms with Crippen LogP contribution in [0.5, 0.6) is 0 Å². The topological polar surface area (TPSA) is 39.9 Å². The maximum atomic E-state index is 9.31. The number of nitriles is 1. The molecule has 1 aromatic heterocycles. The predicted molar refractivity (Wildman–Crippen MR) is 75.8 cm³/mol. The van der Waals surface area contributed by atoms with Crippen molar-refractivity contribution in [3.63, 3.8) is 0 Å². The molecule has 1 aliphatic rings. The van der Waals surface area contributed by atoms with Gasteiger partial charge in [-0.1, -0.05) is 30.3 Å². The lowest BCUT2D eigenvalue weighted by Gasteiger charge is -2.18. The van der Waals surface area contributed by atoms with Gasteiger partial charge >= 0.3 is 0 Å². The number of nitrogens with zero attached hydrogens (tertiary/aromatic N) is 3. The second-order valence-corrected chi connectivity index (χ2v) is 4.74. The van der Waals surface area contributed by atoms with Crippen LogP contribution in [-0.4, -0.2) is 18.1 Å². The summed E-state index contributed by atoms with van der Waals surface area (Å²) >= 11 is 0. The lowest BCUT2D eigenvalue weighted by molar-refractivity contribution is 0.949. The zero-order valence-electron chi connectivity index (χ0n) is 10.7. The van der Waals surface area contributed by atoms with Gasteiger partial charge in [0.25, 0.3) is 0 Å². The Morgan fingerprint density at radius 1 is 1.00 bits per heavy atom. The summed E-state index contributed by atoms with van der Waals surface area (Å²) in [5.41, 5.74) is 3.41. The van der Waals surface area contributed by atoms with Crippen molar-refractivity contribution in [2.75, 3.05) is 18.0 Å². The van der Waals surface area contributed by atoms with Crippen LogP contribution >= 0.6 is 0 Å². The SMILES string of the molecule is N#Cc1nc(-c2ccccc2)ccc1N1CCCC1. The van der Waals surface area contributed by atoms with Crippen molar-refractivity contribution in [2.45, 2.75) is 12.8 Å². The Hall–Kier alpha value is -2.34. The fourth-order valence-electron chi connectivity index (χ4n) is 2.52. The summed E-state index contributed by atoms with van der Waals surface area (Å²) in [7, 11) is 0. The van der Waals surface area contributed by atoms with E-state index < -0.39 is 0 Å². The van der Waals surface area contributed by atoms with Gasteiger partial charge in [0.15, 0.2) is 5.69 Å². The van der Waals surface area contributed by atoms with Crippen molar-refractivity contribution in [1.29, 1.82) is 5.26 Å². The largest absolute Gasteiger partial charge is 0.369 e. The molecule has 2 heterocycles. The Balaban J connectivity index is 2.00. The molecule has 0 spiro atoms. The van der Waals surface area contributed by atoms with Gasteiger partial charge in [-0.25, -0.2) is 4.98 Å². The van der Waals surface area contributed by atoms with Gasteiger partial charge in [0.05, 0.1) is 11.4 Å². The van der Waals surface area contributed by atoms with Gasteiger partial charge in [0.1, 0.15) is 6.07 Å². The third-order valence-corrected chi connectivity index (χ3v) is 3.50. The highest BCUT2D eigenvalue weighted by atomic mass is 15.2. The van der Waals surface area contributed by atoms with Gasteiger partial charge < -0.3 is 4.90 Å². The molecule has 0 bridgehead atoms. The van der Waals surface area contributed by atoms with Gasteiger partial charge in [-0.15, -0.1) is 0 Å². The fourth-order valence-corrected chi connectivity index (χ4v) is 2.52. The number of pyridine rings is 1. The van der Waals surface area contributed by atoms with Crippen LogP contribution in [0.2, 0.25) is 0 Å². The highest BCUT2D eigenvalue weighted by Crippen LogP contribution is 2.26. The van der Waals surface area contributed by atoms with Crippen LogP contribution in [0.25, 0.3) is 11.3 Å². The number of benzene rings is 1. The standard InChI is InChI=1S/C16H15N3/c17-12-15-16(19-10-4-5-11-19)9-8-14(18-15)13-6-2-1-3-7-13/h1-3,6-9H,4-5,10-11H2. The molecule has 0 unspecified atom stereocenters. The van der Waals surface area contributed by atoms with E-state index >= 15 is 0 Å². The van der Waals surface area contributed by atoms with Gasteiger partial charge in [-0.2, -0.15) is 5.26 Å². The number of aromatic nitrogens is 1. The zero-order valence-corrected chi connectivity index (χ0v) is 10.7. The second-order valence-electron chi connectivity index (χ2n) is 4.74. The molecule has 3 heteroatoms. The van der Waals surface area contributed by atoms with Crippen molar-refractivity contribution in [3.8, 4) is 17.3 Å². The highest BCUT2D eigenvalue weighted by Gasteiger charge is 2.17. The van der Waals surface area contributed by atoms with Crippen LogP contribution in [0.15, 0.2) is 42.5 Å². The van der Waals surface area contributed by atoms with Crippen molar-refractivity contribution in [1.82, 2.24) is 4.98 Å². The molecular formula is C16H15N3. The number of hydrogen-bond acceptors (Lipinski definition) is 3. The van der Waals surface area contributed by atoms with E-state index in [1.165, 1.54) is 12.8 Å². The molecule has 3 rings (SSSR count). The normalized spacial score (nSPS) is 14.4. The van der Waals surface area contributed by atoms with Gasteiger partial charge in [-0.3, -0.25) is 0 Å². The molecule has 0 saturated carbocycles. The van der Waals surface area contributed by atoms with Crippen LogP contribution in [0.1, 0.15) is 18.5 Å². The van der Waals surface area contributed by atoms with E-state index in [2.05, 4.69) is 16.0 Å². The minimum Gasteiger partial charge on any atom is -0.369 e. The Morgan fingerprint density at radius 2 is 1.74 bits per heavy atom. The van der Waals surface area contributed by atoms with E-state index in [0.29, 0.717) is 5.69 Å². The molecule has 1 aliphatic heterocycles. The van der Waals surface area contributed by atoms with E-state index in [-0.39, 0.29) is 0 Å². The smallest absolute Gasteiger partial charge is 0.164 e. The van der Waals surface area contributed by atoms with Crippen molar-refractivity contribution in [3.05, 3.63) is 48.2 Å². The average molecular weight is 249 g/mol. The molecule has 1 saturated heterocycles. The zero-order chi connectivity index (χ0) is 13.1. The molecule has 0 radical (unpaired) electrons.